The van der Waals surface area contributed by atoms with Crippen molar-refractivity contribution in [2.45, 2.75) is 19.9 Å². The average molecular weight is 287 g/mol. The Morgan fingerprint density at radius 2 is 2.22 bits per heavy atom. The fourth-order valence-electron chi connectivity index (χ4n) is 1.67. The van der Waals surface area contributed by atoms with E-state index in [4.69, 9.17) is 11.6 Å². The molecule has 0 spiro atoms. The number of imide groups is 1. The lowest BCUT2D eigenvalue weighted by Gasteiger charge is -2.31. The smallest absolute Gasteiger partial charge is 0.266 e. The fraction of sp³-hybridized carbons (Fsp3) is 0.364. The molecular formula is C11H11ClN2O3S. The number of aryl methyl sites for hydroxylation is 1. The van der Waals surface area contributed by atoms with E-state index in [1.165, 1.54) is 16.2 Å². The molecule has 1 aliphatic rings. The zero-order valence-electron chi connectivity index (χ0n) is 9.82. The Balaban J connectivity index is 2.30. The van der Waals surface area contributed by atoms with Gasteiger partial charge < -0.3 is 4.90 Å². The maximum absolute atomic E-state index is 12.3. The molecule has 3 amide bonds. The Bertz CT molecular complexity index is 540. The Hall–Kier alpha value is -1.40. The summed E-state index contributed by atoms with van der Waals surface area (Å²) in [6, 6.07) is -0.673. The number of nitrogens with one attached hydrogen (secondary N) is 1. The topological polar surface area (TPSA) is 66.5 Å². The van der Waals surface area contributed by atoms with Crippen LogP contribution in [0.1, 0.15) is 22.2 Å². The summed E-state index contributed by atoms with van der Waals surface area (Å²) in [6.45, 7) is 3.25. The molecule has 1 aromatic heterocycles. The monoisotopic (exact) mass is 286 g/mol. The minimum atomic E-state index is -0.673. The first kappa shape index (κ1) is 13.0. The number of piperazine rings is 1. The second kappa shape index (κ2) is 4.70. The van der Waals surface area contributed by atoms with Crippen molar-refractivity contribution >= 4 is 40.7 Å². The van der Waals surface area contributed by atoms with Gasteiger partial charge in [-0.25, -0.2) is 0 Å². The Kier molecular flexibility index (Phi) is 3.41. The van der Waals surface area contributed by atoms with Gasteiger partial charge in [0.15, 0.2) is 0 Å². The van der Waals surface area contributed by atoms with Gasteiger partial charge in [0.2, 0.25) is 11.8 Å². The first-order chi connectivity index (χ1) is 8.41. The molecular weight excluding hydrogens is 276 g/mol. The third-order valence-corrected chi connectivity index (χ3v) is 4.46. The van der Waals surface area contributed by atoms with Gasteiger partial charge in [0, 0.05) is 0 Å². The summed E-state index contributed by atoms with van der Waals surface area (Å²) in [7, 11) is 0. The van der Waals surface area contributed by atoms with Crippen LogP contribution < -0.4 is 5.32 Å². The average Bonchev–Trinajstić information content (AvgIpc) is 2.64. The van der Waals surface area contributed by atoms with Gasteiger partial charge in [0.25, 0.3) is 5.91 Å². The summed E-state index contributed by atoms with van der Waals surface area (Å²) >= 11 is 7.24. The van der Waals surface area contributed by atoms with E-state index < -0.39 is 17.9 Å². The lowest BCUT2D eigenvalue weighted by Crippen LogP contribution is -2.58. The zero-order chi connectivity index (χ0) is 13.4. The molecule has 7 heteroatoms. The van der Waals surface area contributed by atoms with Gasteiger partial charge in [-0.3, -0.25) is 19.7 Å². The standard InChI is InChI=1S/C11H11ClN2O3S/c1-5-4-18-9(8(5)12)11(17)14-3-7(15)13-10(16)6(14)2/h4,6H,3H2,1-2H3,(H,13,15,16). The molecule has 96 valence electrons. The predicted molar refractivity (Wildman–Crippen MR) is 67.7 cm³/mol. The summed E-state index contributed by atoms with van der Waals surface area (Å²) in [5.74, 6) is -1.33. The number of thiophene rings is 1. The van der Waals surface area contributed by atoms with Crippen LogP contribution in [0.4, 0.5) is 0 Å². The van der Waals surface area contributed by atoms with Crippen molar-refractivity contribution in [1.29, 1.82) is 0 Å². The largest absolute Gasteiger partial charge is 0.317 e. The van der Waals surface area contributed by atoms with Crippen molar-refractivity contribution in [3.63, 3.8) is 0 Å². The van der Waals surface area contributed by atoms with Gasteiger partial charge in [0.1, 0.15) is 17.5 Å². The van der Waals surface area contributed by atoms with Crippen LogP contribution in [0.5, 0.6) is 0 Å². The molecule has 1 saturated heterocycles. The van der Waals surface area contributed by atoms with Crippen molar-refractivity contribution in [3.8, 4) is 0 Å². The second-order valence-electron chi connectivity index (χ2n) is 4.08. The molecule has 0 radical (unpaired) electrons. The maximum Gasteiger partial charge on any atom is 0.266 e. The SMILES string of the molecule is Cc1csc(C(=O)N2CC(=O)NC(=O)C2C)c1Cl. The van der Waals surface area contributed by atoms with Gasteiger partial charge in [-0.1, -0.05) is 11.6 Å². The molecule has 1 aromatic rings. The van der Waals surface area contributed by atoms with Crippen molar-refractivity contribution in [2.75, 3.05) is 6.54 Å². The normalized spacial score (nSPS) is 19.9. The zero-order valence-corrected chi connectivity index (χ0v) is 11.4. The lowest BCUT2D eigenvalue weighted by molar-refractivity contribution is -0.138. The molecule has 1 atom stereocenters. The van der Waals surface area contributed by atoms with Crippen molar-refractivity contribution in [1.82, 2.24) is 10.2 Å². The predicted octanol–water partition coefficient (Wildman–Crippen LogP) is 1.20. The molecule has 0 aliphatic carbocycles. The molecule has 0 aromatic carbocycles. The molecule has 2 rings (SSSR count). The number of carbonyl (C=O) groups is 3. The highest BCUT2D eigenvalue weighted by atomic mass is 35.5. The summed E-state index contributed by atoms with van der Waals surface area (Å²) in [6.07, 6.45) is 0. The molecule has 1 fully saturated rings. The molecule has 0 bridgehead atoms. The number of hydrogen-bond acceptors (Lipinski definition) is 4. The van der Waals surface area contributed by atoms with E-state index in [0.29, 0.717) is 9.90 Å². The van der Waals surface area contributed by atoms with E-state index in [0.717, 1.165) is 5.56 Å². The van der Waals surface area contributed by atoms with Gasteiger partial charge in [-0.2, -0.15) is 0 Å². The van der Waals surface area contributed by atoms with Gasteiger partial charge in [-0.05, 0) is 24.8 Å². The van der Waals surface area contributed by atoms with Crippen LogP contribution in [0.15, 0.2) is 5.38 Å². The second-order valence-corrected chi connectivity index (χ2v) is 5.34. The summed E-state index contributed by atoms with van der Waals surface area (Å²) in [5, 5.41) is 4.34. The van der Waals surface area contributed by atoms with Gasteiger partial charge in [0.05, 0.1) is 5.02 Å². The van der Waals surface area contributed by atoms with Crippen molar-refractivity contribution < 1.29 is 14.4 Å². The van der Waals surface area contributed by atoms with E-state index in [1.807, 2.05) is 0 Å². The summed E-state index contributed by atoms with van der Waals surface area (Å²) in [4.78, 5) is 36.6. The Morgan fingerprint density at radius 1 is 1.56 bits per heavy atom. The minimum absolute atomic E-state index is 0.126. The highest BCUT2D eigenvalue weighted by molar-refractivity contribution is 7.13. The van der Waals surface area contributed by atoms with Gasteiger partial charge in [-0.15, -0.1) is 11.3 Å². The number of amides is 3. The van der Waals surface area contributed by atoms with Crippen molar-refractivity contribution in [2.24, 2.45) is 0 Å². The number of halogens is 1. The van der Waals surface area contributed by atoms with Crippen LogP contribution in [-0.2, 0) is 9.59 Å². The van der Waals surface area contributed by atoms with Crippen LogP contribution in [0.25, 0.3) is 0 Å². The molecule has 2 heterocycles. The summed E-state index contributed by atoms with van der Waals surface area (Å²) in [5.41, 5.74) is 0.811. The van der Waals surface area contributed by atoms with E-state index in [-0.39, 0.29) is 12.5 Å². The molecule has 1 aliphatic heterocycles. The Labute approximate surface area is 113 Å². The van der Waals surface area contributed by atoms with Gasteiger partial charge >= 0.3 is 0 Å². The maximum atomic E-state index is 12.3. The highest BCUT2D eigenvalue weighted by Gasteiger charge is 2.35. The molecule has 1 N–H and O–H groups in total. The number of hydrogen-bond donors (Lipinski definition) is 1. The summed E-state index contributed by atoms with van der Waals surface area (Å²) < 4.78 is 0. The Morgan fingerprint density at radius 3 is 2.78 bits per heavy atom. The first-order valence-electron chi connectivity index (χ1n) is 5.30. The number of rotatable bonds is 1. The number of nitrogens with zero attached hydrogens (tertiary/aromatic N) is 1. The highest BCUT2D eigenvalue weighted by Crippen LogP contribution is 2.29. The minimum Gasteiger partial charge on any atom is -0.317 e. The van der Waals surface area contributed by atoms with E-state index in [9.17, 15) is 14.4 Å². The number of carbonyl (C=O) groups excluding carboxylic acids is 3. The fourth-order valence-corrected chi connectivity index (χ4v) is 2.90. The molecule has 1 unspecified atom stereocenters. The van der Waals surface area contributed by atoms with Crippen LogP contribution in [0.3, 0.4) is 0 Å². The quantitative estimate of drug-likeness (QED) is 0.789. The van der Waals surface area contributed by atoms with Crippen LogP contribution in [-0.4, -0.2) is 35.2 Å². The lowest BCUT2D eigenvalue weighted by atomic mass is 10.2. The van der Waals surface area contributed by atoms with Crippen LogP contribution in [0.2, 0.25) is 5.02 Å². The molecule has 5 nitrogen and oxygen atoms in total. The third-order valence-electron chi connectivity index (χ3n) is 2.78. The van der Waals surface area contributed by atoms with E-state index in [2.05, 4.69) is 5.32 Å². The van der Waals surface area contributed by atoms with E-state index in [1.54, 1.807) is 19.2 Å². The van der Waals surface area contributed by atoms with Crippen LogP contribution >= 0.6 is 22.9 Å². The molecule has 0 saturated carbocycles. The molecule has 18 heavy (non-hydrogen) atoms. The van der Waals surface area contributed by atoms with Crippen LogP contribution in [0, 0.1) is 6.92 Å². The van der Waals surface area contributed by atoms with Crippen molar-refractivity contribution in [3.05, 3.63) is 20.8 Å². The van der Waals surface area contributed by atoms with E-state index >= 15 is 0 Å². The third kappa shape index (κ3) is 2.13. The first-order valence-corrected chi connectivity index (χ1v) is 6.56.